The van der Waals surface area contributed by atoms with Crippen molar-refractivity contribution in [3.8, 4) is 11.8 Å². The molecule has 0 amide bonds. The van der Waals surface area contributed by atoms with E-state index >= 15 is 0 Å². The van der Waals surface area contributed by atoms with E-state index in [0.29, 0.717) is 11.8 Å². The third-order valence-corrected chi connectivity index (χ3v) is 2.46. The van der Waals surface area contributed by atoms with Crippen LogP contribution in [0.4, 0.5) is 0 Å². The zero-order valence-electron chi connectivity index (χ0n) is 6.44. The van der Waals surface area contributed by atoms with Gasteiger partial charge in [0, 0.05) is 17.0 Å². The molecule has 0 aliphatic heterocycles. The van der Waals surface area contributed by atoms with E-state index in [1.165, 1.54) is 25.7 Å². The lowest BCUT2D eigenvalue weighted by Crippen LogP contribution is -1.71. The molecule has 0 atom stereocenters. The van der Waals surface area contributed by atoms with Crippen LogP contribution in [0.3, 0.4) is 0 Å². The number of hydrogen-bond acceptors (Lipinski definition) is 0. The molecular formula is C10H11Cl. The van der Waals surface area contributed by atoms with Gasteiger partial charge in [0.2, 0.25) is 0 Å². The van der Waals surface area contributed by atoms with Gasteiger partial charge in [-0.05, 0) is 31.6 Å². The fraction of sp³-hybridized carbons (Fsp3) is 0.600. The van der Waals surface area contributed by atoms with Gasteiger partial charge >= 0.3 is 0 Å². The molecule has 0 bridgehead atoms. The summed E-state index contributed by atoms with van der Waals surface area (Å²) in [4.78, 5) is 0. The quantitative estimate of drug-likeness (QED) is 0.526. The van der Waals surface area contributed by atoms with Crippen LogP contribution in [0, 0.1) is 23.7 Å². The van der Waals surface area contributed by atoms with E-state index in [-0.39, 0.29) is 0 Å². The zero-order valence-corrected chi connectivity index (χ0v) is 7.19. The second kappa shape index (κ2) is 2.91. The van der Waals surface area contributed by atoms with E-state index in [4.69, 9.17) is 11.6 Å². The maximum absolute atomic E-state index is 5.94. The predicted molar refractivity (Wildman–Crippen MR) is 47.2 cm³/mol. The summed E-state index contributed by atoms with van der Waals surface area (Å²) in [5, 5.41) is 0.971. The Hall–Kier alpha value is -0.410. The van der Waals surface area contributed by atoms with Crippen LogP contribution >= 0.6 is 11.6 Å². The Bertz CT molecular complexity index is 233. The van der Waals surface area contributed by atoms with Gasteiger partial charge in [0.05, 0.1) is 0 Å². The second-order valence-electron chi connectivity index (χ2n) is 3.37. The van der Waals surface area contributed by atoms with Gasteiger partial charge in [0.15, 0.2) is 0 Å². The number of hydrogen-bond donors (Lipinski definition) is 0. The average molecular weight is 167 g/mol. The smallest absolute Gasteiger partial charge is 0.0295 e. The van der Waals surface area contributed by atoms with Crippen LogP contribution < -0.4 is 0 Å². The maximum atomic E-state index is 5.94. The van der Waals surface area contributed by atoms with Gasteiger partial charge in [-0.15, -0.1) is 0 Å². The molecule has 58 valence electrons. The van der Waals surface area contributed by atoms with Gasteiger partial charge in [-0.25, -0.2) is 0 Å². The summed E-state index contributed by atoms with van der Waals surface area (Å²) in [6.45, 7) is 0. The molecule has 2 saturated carbocycles. The molecule has 0 radical (unpaired) electrons. The van der Waals surface area contributed by atoms with E-state index in [1.807, 2.05) is 6.08 Å². The van der Waals surface area contributed by atoms with E-state index in [2.05, 4.69) is 11.8 Å². The highest BCUT2D eigenvalue weighted by atomic mass is 35.5. The fourth-order valence-electron chi connectivity index (χ4n) is 0.933. The third kappa shape index (κ3) is 2.27. The molecule has 0 spiro atoms. The van der Waals surface area contributed by atoms with Crippen molar-refractivity contribution < 1.29 is 0 Å². The molecule has 0 heterocycles. The monoisotopic (exact) mass is 166 g/mol. The molecule has 0 aromatic carbocycles. The molecule has 2 aliphatic carbocycles. The topological polar surface area (TPSA) is 0 Å². The Kier molecular flexibility index (Phi) is 1.92. The van der Waals surface area contributed by atoms with Gasteiger partial charge in [0.25, 0.3) is 0 Å². The second-order valence-corrected chi connectivity index (χ2v) is 3.80. The maximum Gasteiger partial charge on any atom is 0.0295 e. The molecule has 1 heteroatoms. The number of rotatable bonds is 1. The molecular weight excluding hydrogens is 156 g/mol. The zero-order chi connectivity index (χ0) is 7.68. The summed E-state index contributed by atoms with van der Waals surface area (Å²) in [5.74, 6) is 7.53. The van der Waals surface area contributed by atoms with E-state index in [0.717, 1.165) is 5.03 Å². The molecule has 11 heavy (non-hydrogen) atoms. The van der Waals surface area contributed by atoms with Gasteiger partial charge in [-0.3, -0.25) is 0 Å². The summed E-state index contributed by atoms with van der Waals surface area (Å²) in [6, 6.07) is 0. The Morgan fingerprint density at radius 3 is 2.55 bits per heavy atom. The van der Waals surface area contributed by atoms with E-state index in [9.17, 15) is 0 Å². The normalized spacial score (nSPS) is 24.3. The highest BCUT2D eigenvalue weighted by Gasteiger charge is 2.24. The number of allylic oxidation sites excluding steroid dienone is 2. The molecule has 2 aliphatic rings. The first-order valence-electron chi connectivity index (χ1n) is 4.23. The van der Waals surface area contributed by atoms with Crippen LogP contribution in [0.25, 0.3) is 0 Å². The molecule has 2 fully saturated rings. The summed E-state index contributed by atoms with van der Waals surface area (Å²) in [7, 11) is 0. The summed E-state index contributed by atoms with van der Waals surface area (Å²) < 4.78 is 0. The van der Waals surface area contributed by atoms with Crippen molar-refractivity contribution in [2.75, 3.05) is 0 Å². The van der Waals surface area contributed by atoms with Crippen molar-refractivity contribution in [3.63, 3.8) is 0 Å². The van der Waals surface area contributed by atoms with Crippen LogP contribution in [-0.4, -0.2) is 0 Å². The van der Waals surface area contributed by atoms with Crippen molar-refractivity contribution in [1.29, 1.82) is 0 Å². The van der Waals surface area contributed by atoms with Gasteiger partial charge < -0.3 is 0 Å². The molecule has 0 aromatic rings. The molecule has 2 rings (SSSR count). The first-order chi connectivity index (χ1) is 5.36. The molecule has 0 saturated heterocycles. The van der Waals surface area contributed by atoms with Crippen molar-refractivity contribution in [1.82, 2.24) is 0 Å². The van der Waals surface area contributed by atoms with Crippen LogP contribution in [0.2, 0.25) is 0 Å². The van der Waals surface area contributed by atoms with Gasteiger partial charge in [-0.1, -0.05) is 23.4 Å². The predicted octanol–water partition coefficient (Wildman–Crippen LogP) is 2.93. The lowest BCUT2D eigenvalue weighted by molar-refractivity contribution is 1.09. The van der Waals surface area contributed by atoms with E-state index in [1.54, 1.807) is 0 Å². The largest absolute Gasteiger partial charge is 0.0951 e. The minimum Gasteiger partial charge on any atom is -0.0951 e. The summed E-state index contributed by atoms with van der Waals surface area (Å²) in [5.41, 5.74) is 0. The SMILES string of the molecule is ClC(=CC#CC1CC1)C1CC1. The lowest BCUT2D eigenvalue weighted by atomic mass is 10.3. The highest BCUT2D eigenvalue weighted by molar-refractivity contribution is 6.30. The van der Waals surface area contributed by atoms with Crippen molar-refractivity contribution in [2.24, 2.45) is 11.8 Å². The summed E-state index contributed by atoms with van der Waals surface area (Å²) in [6.07, 6.45) is 7.00. The lowest BCUT2D eigenvalue weighted by Gasteiger charge is -1.85. The first-order valence-corrected chi connectivity index (χ1v) is 4.60. The van der Waals surface area contributed by atoms with Crippen molar-refractivity contribution in [2.45, 2.75) is 25.7 Å². The van der Waals surface area contributed by atoms with Crippen LogP contribution in [0.15, 0.2) is 11.1 Å². The standard InChI is InChI=1S/C10H11Cl/c11-10(9-6-7-9)3-1-2-8-4-5-8/h3,8-9H,4-7H2. The Labute approximate surface area is 72.6 Å². The molecule has 0 unspecified atom stereocenters. The molecule has 0 nitrogen and oxygen atoms in total. The summed E-state index contributed by atoms with van der Waals surface area (Å²) >= 11 is 5.94. The fourth-order valence-corrected chi connectivity index (χ4v) is 1.21. The van der Waals surface area contributed by atoms with Crippen LogP contribution in [-0.2, 0) is 0 Å². The van der Waals surface area contributed by atoms with Crippen LogP contribution in [0.5, 0.6) is 0 Å². The minimum atomic E-state index is 0.658. The molecule has 0 N–H and O–H groups in total. The van der Waals surface area contributed by atoms with Gasteiger partial charge in [0.1, 0.15) is 0 Å². The van der Waals surface area contributed by atoms with Crippen molar-refractivity contribution >= 4 is 11.6 Å². The van der Waals surface area contributed by atoms with Crippen LogP contribution in [0.1, 0.15) is 25.7 Å². The van der Waals surface area contributed by atoms with Gasteiger partial charge in [-0.2, -0.15) is 0 Å². The highest BCUT2D eigenvalue weighted by Crippen LogP contribution is 2.38. The van der Waals surface area contributed by atoms with Crippen molar-refractivity contribution in [3.05, 3.63) is 11.1 Å². The Morgan fingerprint density at radius 1 is 1.27 bits per heavy atom. The first kappa shape index (κ1) is 7.25. The number of halogens is 1. The Morgan fingerprint density at radius 2 is 2.00 bits per heavy atom. The third-order valence-electron chi connectivity index (χ3n) is 2.04. The molecule has 0 aromatic heterocycles. The van der Waals surface area contributed by atoms with E-state index < -0.39 is 0 Å². The minimum absolute atomic E-state index is 0.658. The average Bonchev–Trinajstić information content (AvgIpc) is 2.85. The Balaban J connectivity index is 1.86.